The van der Waals surface area contributed by atoms with Crippen LogP contribution in [0.1, 0.15) is 47.8 Å². The minimum Gasteiger partial charge on any atom is -0.438 e. The summed E-state index contributed by atoms with van der Waals surface area (Å²) in [7, 11) is 0. The molecule has 2 aliphatic rings. The summed E-state index contributed by atoms with van der Waals surface area (Å²) in [6, 6.07) is 65.6. The largest absolute Gasteiger partial charge is 0.438 e. The fraction of sp³-hybridized carbons (Fsp3) is 0.0702. The molecule has 12 rings (SSSR count). The number of pyridine rings is 1. The smallest absolute Gasteiger partial charge is 0.0822 e. The van der Waals surface area contributed by atoms with E-state index in [1.807, 2.05) is 36.7 Å². The second-order valence-corrected chi connectivity index (χ2v) is 16.8. The van der Waals surface area contributed by atoms with Crippen LogP contribution in [-0.2, 0) is 5.41 Å². The number of benzene rings is 9. The average Bonchev–Trinajstić information content (AvgIpc) is 3.56. The Morgan fingerprint density at radius 2 is 1.07 bits per heavy atom. The van der Waals surface area contributed by atoms with Crippen LogP contribution in [-0.4, -0.2) is 16.7 Å². The molecule has 9 aromatic carbocycles. The third kappa shape index (κ3) is 5.63. The van der Waals surface area contributed by atoms with Gasteiger partial charge in [-0.3, -0.25) is 9.98 Å². The van der Waals surface area contributed by atoms with Crippen LogP contribution in [0.5, 0.6) is 0 Å². The second-order valence-electron chi connectivity index (χ2n) is 16.8. The number of fused-ring (bicyclic) bond motifs is 11. The average molecular weight is 780 g/mol. The molecule has 0 amide bonds. The van der Waals surface area contributed by atoms with E-state index < -0.39 is 6.17 Å². The predicted octanol–water partition coefficient (Wildman–Crippen LogP) is 14.6. The quantitative estimate of drug-likeness (QED) is 0.161. The highest BCUT2D eigenvalue weighted by Crippen LogP contribution is 2.49. The molecule has 1 atom stereocenters. The molecule has 61 heavy (non-hydrogen) atoms. The van der Waals surface area contributed by atoms with Gasteiger partial charge in [-0.15, -0.1) is 0 Å². The highest BCUT2D eigenvalue weighted by atomic mass is 15.2. The van der Waals surface area contributed by atoms with Crippen LogP contribution in [0.4, 0.5) is 0 Å². The summed E-state index contributed by atoms with van der Waals surface area (Å²) < 4.78 is 0. The first-order valence-corrected chi connectivity index (χ1v) is 21.0. The Kier molecular flexibility index (Phi) is 7.91. The van der Waals surface area contributed by atoms with Gasteiger partial charge >= 0.3 is 0 Å². The molecule has 1 aliphatic carbocycles. The van der Waals surface area contributed by atoms with Crippen LogP contribution < -0.4 is 0 Å². The summed E-state index contributed by atoms with van der Waals surface area (Å²) in [5.74, 6) is 1.35. The molecule has 0 saturated carbocycles. The van der Waals surface area contributed by atoms with Gasteiger partial charge in [-0.1, -0.05) is 171 Å². The predicted molar refractivity (Wildman–Crippen MR) is 255 cm³/mol. The lowest BCUT2D eigenvalue weighted by Crippen LogP contribution is -2.18. The number of aromatic nitrogens is 1. The molecule has 0 spiro atoms. The normalized spacial score (nSPS) is 15.3. The minimum atomic E-state index is -0.548. The van der Waals surface area contributed by atoms with Gasteiger partial charge in [-0.2, -0.15) is 0 Å². The highest BCUT2D eigenvalue weighted by Gasteiger charge is 2.35. The molecule has 0 bridgehead atoms. The zero-order chi connectivity index (χ0) is 40.7. The van der Waals surface area contributed by atoms with Gasteiger partial charge in [-0.25, -0.2) is 0 Å². The van der Waals surface area contributed by atoms with Crippen LogP contribution >= 0.6 is 0 Å². The number of aliphatic imine (C=N–C) groups is 2. The van der Waals surface area contributed by atoms with Gasteiger partial charge < -0.3 is 10.3 Å². The van der Waals surface area contributed by atoms with E-state index in [2.05, 4.69) is 177 Å². The van der Waals surface area contributed by atoms with Gasteiger partial charge in [0, 0.05) is 23.4 Å². The molecular formula is C57H39N4-. The van der Waals surface area contributed by atoms with Crippen molar-refractivity contribution in [2.24, 2.45) is 9.98 Å². The lowest BCUT2D eigenvalue weighted by Gasteiger charge is -2.33. The van der Waals surface area contributed by atoms with Crippen LogP contribution in [0.3, 0.4) is 0 Å². The summed E-state index contributed by atoms with van der Waals surface area (Å²) in [5.41, 5.74) is 12.3. The number of hydrogen-bond acceptors (Lipinski definition) is 3. The molecule has 10 aromatic rings. The van der Waals surface area contributed by atoms with Crippen LogP contribution in [0.15, 0.2) is 204 Å². The van der Waals surface area contributed by atoms with Crippen molar-refractivity contribution in [3.63, 3.8) is 0 Å². The van der Waals surface area contributed by atoms with E-state index in [0.29, 0.717) is 11.7 Å². The van der Waals surface area contributed by atoms with Gasteiger partial charge in [0.2, 0.25) is 0 Å². The number of hydrogen-bond donors (Lipinski definition) is 0. The van der Waals surface area contributed by atoms with E-state index in [1.54, 1.807) is 0 Å². The van der Waals surface area contributed by atoms with Crippen molar-refractivity contribution in [2.45, 2.75) is 25.4 Å². The molecule has 0 saturated heterocycles. The van der Waals surface area contributed by atoms with Crippen LogP contribution in [0.2, 0.25) is 0 Å². The molecule has 4 nitrogen and oxygen atoms in total. The Morgan fingerprint density at radius 3 is 1.84 bits per heavy atom. The summed E-state index contributed by atoms with van der Waals surface area (Å²) in [5, 5.41) is 15.4. The molecule has 288 valence electrons. The van der Waals surface area contributed by atoms with Crippen LogP contribution in [0.25, 0.3) is 81.8 Å². The fourth-order valence-corrected chi connectivity index (χ4v) is 9.94. The van der Waals surface area contributed by atoms with Crippen molar-refractivity contribution in [2.75, 3.05) is 0 Å². The van der Waals surface area contributed by atoms with Crippen molar-refractivity contribution >= 4 is 54.8 Å². The monoisotopic (exact) mass is 779 g/mol. The molecule has 0 fully saturated rings. The third-order valence-electron chi connectivity index (χ3n) is 12.9. The molecule has 0 radical (unpaired) electrons. The zero-order valence-electron chi connectivity index (χ0n) is 33.8. The Labute approximate surface area is 354 Å². The first-order valence-electron chi connectivity index (χ1n) is 21.0. The summed E-state index contributed by atoms with van der Waals surface area (Å²) in [6.07, 6.45) is 3.22. The van der Waals surface area contributed by atoms with E-state index in [9.17, 15) is 0 Å². The maximum Gasteiger partial charge on any atom is 0.0822 e. The number of nitrogens with zero attached hydrogens (tertiary/aromatic N) is 4. The van der Waals surface area contributed by atoms with Crippen molar-refractivity contribution in [1.29, 1.82) is 0 Å². The maximum atomic E-state index is 5.42. The first kappa shape index (κ1) is 35.3. The second kappa shape index (κ2) is 13.7. The lowest BCUT2D eigenvalue weighted by atomic mass is 9.82. The minimum absolute atomic E-state index is 0.153. The van der Waals surface area contributed by atoms with E-state index in [0.717, 1.165) is 38.9 Å². The van der Waals surface area contributed by atoms with Crippen molar-refractivity contribution < 1.29 is 0 Å². The first-order chi connectivity index (χ1) is 30.0. The number of amidine groups is 2. The van der Waals surface area contributed by atoms with Crippen molar-refractivity contribution in [3.05, 3.63) is 228 Å². The van der Waals surface area contributed by atoms with Gasteiger partial charge in [0.15, 0.2) is 0 Å². The van der Waals surface area contributed by atoms with E-state index in [1.165, 1.54) is 65.3 Å². The Hall–Kier alpha value is -7.69. The summed E-state index contributed by atoms with van der Waals surface area (Å²) in [6.45, 7) is 4.63. The molecule has 4 heteroatoms. The van der Waals surface area contributed by atoms with Crippen molar-refractivity contribution in [3.8, 4) is 33.4 Å². The Morgan fingerprint density at radius 1 is 0.443 bits per heavy atom. The van der Waals surface area contributed by atoms with Crippen molar-refractivity contribution in [1.82, 2.24) is 4.98 Å². The zero-order valence-corrected chi connectivity index (χ0v) is 33.8. The molecule has 0 N–H and O–H groups in total. The van der Waals surface area contributed by atoms with E-state index in [4.69, 9.17) is 15.3 Å². The van der Waals surface area contributed by atoms with E-state index >= 15 is 0 Å². The van der Waals surface area contributed by atoms with E-state index in [-0.39, 0.29) is 5.41 Å². The summed E-state index contributed by atoms with van der Waals surface area (Å²) in [4.78, 5) is 15.1. The fourth-order valence-electron chi connectivity index (χ4n) is 9.94. The number of rotatable bonds is 5. The highest BCUT2D eigenvalue weighted by molar-refractivity contribution is 6.33. The standard InChI is InChI=1S/C57H39N4/c1-57(2)51-25-13-12-22-45(51)46-27-26-36(32-52(46)57)55-59-54(35-15-4-3-5-16-35)60-56(61-55)40-30-38(37-17-14-28-58-34-37)29-39(31-40)49-33-50-43-20-7-6-18-41(43)42-19-8-10-23-47(42)53(50)48-24-11-9-21-44(48)49/h3-34,56H,1-2H3/q-1. The Balaban J connectivity index is 1.07. The van der Waals surface area contributed by atoms with Gasteiger partial charge in [0.05, 0.1) is 12.0 Å². The Bertz CT molecular complexity index is 3470. The van der Waals surface area contributed by atoms with Gasteiger partial charge in [0.1, 0.15) is 0 Å². The van der Waals surface area contributed by atoms with Gasteiger partial charge in [-0.05, 0) is 129 Å². The maximum absolute atomic E-state index is 5.42. The molecular weight excluding hydrogens is 741 g/mol. The molecule has 1 unspecified atom stereocenters. The molecule has 2 heterocycles. The van der Waals surface area contributed by atoms with Gasteiger partial charge in [0.25, 0.3) is 0 Å². The molecule has 1 aliphatic heterocycles. The molecule has 1 aromatic heterocycles. The SMILES string of the molecule is CC1(C)c2ccccc2-c2ccc(C3=NC(c4ccccc4)=NC(c4cc(-c5cccnc5)cc(-c5cc6c7ccccc7c7ccccc7c6c6ccccc56)c4)[N-]3)cc21. The summed E-state index contributed by atoms with van der Waals surface area (Å²) >= 11 is 0. The topological polar surface area (TPSA) is 51.7 Å². The lowest BCUT2D eigenvalue weighted by molar-refractivity contribution is 0.660. The van der Waals surface area contributed by atoms with Crippen LogP contribution in [0, 0.1) is 0 Å². The third-order valence-corrected chi connectivity index (χ3v) is 12.9.